The first-order chi connectivity index (χ1) is 7.16. The molecular weight excluding hydrogens is 212 g/mol. The van der Waals surface area contributed by atoms with Crippen molar-refractivity contribution < 1.29 is 12.6 Å². The summed E-state index contributed by atoms with van der Waals surface area (Å²) in [5, 5.41) is 0. The lowest BCUT2D eigenvalue weighted by atomic mass is 10.2. The first-order valence-electron chi connectivity index (χ1n) is 4.95. The third-order valence-electron chi connectivity index (χ3n) is 1.64. The maximum absolute atomic E-state index is 9.69. The molecule has 0 heterocycles. The van der Waals surface area contributed by atoms with E-state index < -0.39 is 11.0 Å². The third-order valence-corrected chi connectivity index (χ3v) is 2.03. The van der Waals surface area contributed by atoms with Crippen LogP contribution in [0.5, 0.6) is 0 Å². The number of aryl methyl sites for hydroxylation is 1. The summed E-state index contributed by atoms with van der Waals surface area (Å²) in [7, 11) is -2.61. The zero-order valence-electron chi connectivity index (χ0n) is 9.18. The normalized spacial score (nSPS) is 9.53. The fourth-order valence-corrected chi connectivity index (χ4v) is 1.10. The third kappa shape index (κ3) is 11.1. The molecule has 0 amide bonds. The summed E-state index contributed by atoms with van der Waals surface area (Å²) in [6.45, 7) is 4.39. The van der Waals surface area contributed by atoms with E-state index in [9.17, 15) is 8.42 Å². The number of hydrogen-bond acceptors (Lipinski definition) is 3. The molecule has 0 unspecified atom stereocenters. The van der Waals surface area contributed by atoms with Gasteiger partial charge in [-0.25, -0.2) is 8.42 Å². The Labute approximate surface area is 93.2 Å². The summed E-state index contributed by atoms with van der Waals surface area (Å²) in [6.07, 6.45) is 1.77. The molecule has 15 heavy (non-hydrogen) atoms. The van der Waals surface area contributed by atoms with Gasteiger partial charge in [0.15, 0.2) is 0 Å². The van der Waals surface area contributed by atoms with Crippen molar-refractivity contribution in [1.29, 1.82) is 0 Å². The van der Waals surface area contributed by atoms with E-state index in [-0.39, 0.29) is 0 Å². The van der Waals surface area contributed by atoms with E-state index in [4.69, 9.17) is 0 Å². The molecule has 0 spiro atoms. The van der Waals surface area contributed by atoms with Crippen LogP contribution in [0.2, 0.25) is 0 Å². The van der Waals surface area contributed by atoms with Crippen molar-refractivity contribution in [3.8, 4) is 0 Å². The molecule has 1 rings (SSSR count). The molecule has 0 aliphatic carbocycles. The summed E-state index contributed by atoms with van der Waals surface area (Å²) >= 11 is 0. The van der Waals surface area contributed by atoms with Crippen LogP contribution in [0.3, 0.4) is 0 Å². The Kier molecular flexibility index (Phi) is 9.11. The van der Waals surface area contributed by atoms with E-state index in [1.165, 1.54) is 5.56 Å². The number of thiol groups is 1. The summed E-state index contributed by atoms with van der Waals surface area (Å²) in [4.78, 5) is 0. The Hall–Kier alpha value is -0.870. The van der Waals surface area contributed by atoms with Crippen LogP contribution >= 0.6 is 0 Å². The number of benzene rings is 1. The van der Waals surface area contributed by atoms with Crippen molar-refractivity contribution in [3.05, 3.63) is 35.9 Å². The molecule has 0 atom stereocenters. The van der Waals surface area contributed by atoms with E-state index in [0.29, 0.717) is 6.61 Å². The Morgan fingerprint density at radius 2 is 1.80 bits per heavy atom. The molecule has 86 valence electrons. The summed E-state index contributed by atoms with van der Waals surface area (Å²) in [6, 6.07) is 10.3. The van der Waals surface area contributed by atoms with Gasteiger partial charge in [0.1, 0.15) is 0 Å². The summed E-state index contributed by atoms with van der Waals surface area (Å²) in [5.74, 6) is 0. The lowest BCUT2D eigenvalue weighted by Gasteiger charge is -1.89. The zero-order chi connectivity index (χ0) is 11.5. The van der Waals surface area contributed by atoms with Crippen molar-refractivity contribution in [1.82, 2.24) is 0 Å². The molecule has 0 bridgehead atoms. The topological polar surface area (TPSA) is 43.4 Å². The number of unbranched alkanes of at least 4 members (excludes halogenated alkanes) is 1. The van der Waals surface area contributed by atoms with Gasteiger partial charge < -0.3 is 0 Å². The lowest BCUT2D eigenvalue weighted by Crippen LogP contribution is -1.89. The second-order valence-electron chi connectivity index (χ2n) is 3.07. The predicted molar refractivity (Wildman–Crippen MR) is 62.4 cm³/mol. The van der Waals surface area contributed by atoms with Crippen LogP contribution in [0, 0.1) is 6.92 Å². The van der Waals surface area contributed by atoms with Crippen molar-refractivity contribution in [2.75, 3.05) is 6.61 Å². The van der Waals surface area contributed by atoms with Crippen LogP contribution in [0.1, 0.15) is 25.3 Å². The minimum absolute atomic E-state index is 0.329. The van der Waals surface area contributed by atoms with Gasteiger partial charge in [-0.2, -0.15) is 0 Å². The first-order valence-corrected chi connectivity index (χ1v) is 6.05. The van der Waals surface area contributed by atoms with Crippen LogP contribution in [0.15, 0.2) is 30.3 Å². The van der Waals surface area contributed by atoms with Gasteiger partial charge in [-0.15, -0.1) is 0 Å². The maximum Gasteiger partial charge on any atom is 0.257 e. The zero-order valence-corrected chi connectivity index (χ0v) is 10.1. The Bertz CT molecular complexity index is 299. The lowest BCUT2D eigenvalue weighted by molar-refractivity contribution is 0.325. The number of rotatable bonds is 4. The fraction of sp³-hybridized carbons (Fsp3) is 0.455. The van der Waals surface area contributed by atoms with E-state index >= 15 is 0 Å². The highest BCUT2D eigenvalue weighted by atomic mass is 32.2. The Morgan fingerprint density at radius 3 is 2.13 bits per heavy atom. The van der Waals surface area contributed by atoms with Gasteiger partial charge in [-0.05, 0) is 13.3 Å². The number of hydrogen-bond donors (Lipinski definition) is 1. The molecule has 1 aromatic rings. The standard InChI is InChI=1S/C7H8.C4H10O3S/c1-7-5-3-2-4-6-7;1-2-3-4-7-8(5)6/h2-6H,1H3;8H,2-4H2,1H3. The van der Waals surface area contributed by atoms with Crippen molar-refractivity contribution >= 4 is 11.0 Å². The molecular formula is C11H18O3S. The first kappa shape index (κ1) is 14.1. The Morgan fingerprint density at radius 1 is 1.20 bits per heavy atom. The largest absolute Gasteiger partial charge is 0.272 e. The van der Waals surface area contributed by atoms with E-state index in [2.05, 4.69) is 23.2 Å². The van der Waals surface area contributed by atoms with Crippen LogP contribution in [0.4, 0.5) is 0 Å². The fourth-order valence-electron chi connectivity index (χ4n) is 0.818. The van der Waals surface area contributed by atoms with E-state index in [1.54, 1.807) is 0 Å². The van der Waals surface area contributed by atoms with Crippen molar-refractivity contribution in [2.24, 2.45) is 0 Å². The molecule has 0 aliphatic heterocycles. The summed E-state index contributed by atoms with van der Waals surface area (Å²) < 4.78 is 23.6. The molecule has 4 heteroatoms. The van der Waals surface area contributed by atoms with Gasteiger partial charge in [0.25, 0.3) is 11.0 Å². The molecule has 3 nitrogen and oxygen atoms in total. The minimum atomic E-state index is -2.61. The molecule has 0 saturated heterocycles. The van der Waals surface area contributed by atoms with Gasteiger partial charge in [0, 0.05) is 0 Å². The molecule has 0 N–H and O–H groups in total. The Balaban J connectivity index is 0.000000262. The summed E-state index contributed by atoms with van der Waals surface area (Å²) in [5.41, 5.74) is 1.32. The molecule has 0 aromatic heterocycles. The van der Waals surface area contributed by atoms with Gasteiger partial charge >= 0.3 is 0 Å². The van der Waals surface area contributed by atoms with Crippen LogP contribution in [-0.4, -0.2) is 15.0 Å². The van der Waals surface area contributed by atoms with E-state index in [1.807, 2.05) is 25.1 Å². The smallest absolute Gasteiger partial charge is 0.257 e. The molecule has 0 saturated carbocycles. The van der Waals surface area contributed by atoms with Gasteiger partial charge in [-0.3, -0.25) is 4.18 Å². The molecule has 0 fully saturated rings. The average Bonchev–Trinajstić information content (AvgIpc) is 2.20. The highest BCUT2D eigenvalue weighted by molar-refractivity contribution is 7.67. The van der Waals surface area contributed by atoms with Crippen LogP contribution in [0.25, 0.3) is 0 Å². The van der Waals surface area contributed by atoms with E-state index in [0.717, 1.165) is 12.8 Å². The minimum Gasteiger partial charge on any atom is -0.272 e. The molecule has 0 radical (unpaired) electrons. The second-order valence-corrected chi connectivity index (χ2v) is 3.77. The van der Waals surface area contributed by atoms with Crippen LogP contribution in [-0.2, 0) is 15.2 Å². The molecule has 1 aromatic carbocycles. The highest BCUT2D eigenvalue weighted by Gasteiger charge is 1.83. The average molecular weight is 230 g/mol. The quantitative estimate of drug-likeness (QED) is 0.637. The molecule has 0 aliphatic rings. The maximum atomic E-state index is 9.69. The van der Waals surface area contributed by atoms with Crippen molar-refractivity contribution in [2.45, 2.75) is 26.7 Å². The highest BCUT2D eigenvalue weighted by Crippen LogP contribution is 1.92. The predicted octanol–water partition coefficient (Wildman–Crippen LogP) is 2.32. The van der Waals surface area contributed by atoms with Crippen molar-refractivity contribution in [3.63, 3.8) is 0 Å². The van der Waals surface area contributed by atoms with Crippen LogP contribution < -0.4 is 0 Å². The SMILES string of the molecule is CCCCO[SH](=O)=O.Cc1ccccc1. The van der Waals surface area contributed by atoms with Gasteiger partial charge in [0.2, 0.25) is 0 Å². The van der Waals surface area contributed by atoms with Gasteiger partial charge in [-0.1, -0.05) is 49.2 Å². The van der Waals surface area contributed by atoms with Gasteiger partial charge in [0.05, 0.1) is 6.61 Å². The monoisotopic (exact) mass is 230 g/mol. The second kappa shape index (κ2) is 9.68.